The van der Waals surface area contributed by atoms with Crippen LogP contribution in [0.15, 0.2) is 48.8 Å². The Kier molecular flexibility index (Phi) is 4.13. The van der Waals surface area contributed by atoms with Crippen LogP contribution in [0, 0.1) is 0 Å². The van der Waals surface area contributed by atoms with Gasteiger partial charge in [0, 0.05) is 24.1 Å². The number of rotatable bonds is 4. The molecule has 0 spiro atoms. The normalized spacial score (nSPS) is 11.7. The molecule has 0 saturated heterocycles. The van der Waals surface area contributed by atoms with Gasteiger partial charge in [0.15, 0.2) is 0 Å². The van der Waals surface area contributed by atoms with E-state index in [2.05, 4.69) is 22.0 Å². The molecule has 0 radical (unpaired) electrons. The Morgan fingerprint density at radius 2 is 1.79 bits per heavy atom. The number of nitrogens with zero attached hydrogens (tertiary/aromatic N) is 1. The fourth-order valence-electron chi connectivity index (χ4n) is 1.81. The van der Waals surface area contributed by atoms with Crippen LogP contribution < -0.4 is 5.32 Å². The number of hydrogen-bond donors (Lipinski definition) is 1. The second kappa shape index (κ2) is 6.00. The van der Waals surface area contributed by atoms with Crippen molar-refractivity contribution in [1.29, 1.82) is 0 Å². The quantitative estimate of drug-likeness (QED) is 0.854. The third-order valence-corrected chi connectivity index (χ3v) is 2.90. The summed E-state index contributed by atoms with van der Waals surface area (Å²) in [5, 5.41) is 3.36. The molecule has 0 aliphatic heterocycles. The van der Waals surface area contributed by atoms with E-state index in [9.17, 15) is 4.79 Å². The first kappa shape index (κ1) is 13.1. The minimum atomic E-state index is -0.325. The monoisotopic (exact) mass is 256 g/mol. The van der Waals surface area contributed by atoms with Crippen LogP contribution in [-0.4, -0.2) is 18.1 Å². The zero-order chi connectivity index (χ0) is 13.7. The lowest BCUT2D eigenvalue weighted by atomic mass is 10.1. The molecular weight excluding hydrogens is 240 g/mol. The molecule has 0 saturated carbocycles. The Labute approximate surface area is 112 Å². The van der Waals surface area contributed by atoms with Crippen LogP contribution >= 0.6 is 0 Å². The zero-order valence-corrected chi connectivity index (χ0v) is 11.0. The van der Waals surface area contributed by atoms with Gasteiger partial charge in [-0.2, -0.15) is 0 Å². The van der Waals surface area contributed by atoms with E-state index in [1.54, 1.807) is 24.5 Å². The van der Waals surface area contributed by atoms with Gasteiger partial charge >= 0.3 is 5.97 Å². The lowest BCUT2D eigenvalue weighted by Gasteiger charge is -2.15. The third-order valence-electron chi connectivity index (χ3n) is 2.90. The molecule has 98 valence electrons. The maximum Gasteiger partial charge on any atom is 0.337 e. The van der Waals surface area contributed by atoms with Gasteiger partial charge in [-0.25, -0.2) is 4.79 Å². The Hall–Kier alpha value is -2.36. The van der Waals surface area contributed by atoms with Crippen LogP contribution in [0.25, 0.3) is 0 Å². The number of methoxy groups -OCH3 is 1. The predicted molar refractivity (Wildman–Crippen MR) is 74.1 cm³/mol. The predicted octanol–water partition coefficient (Wildman–Crippen LogP) is 3.04. The van der Waals surface area contributed by atoms with E-state index in [1.165, 1.54) is 7.11 Å². The molecule has 19 heavy (non-hydrogen) atoms. The van der Waals surface area contributed by atoms with Crippen molar-refractivity contribution in [2.24, 2.45) is 0 Å². The number of aromatic nitrogens is 1. The Morgan fingerprint density at radius 3 is 2.37 bits per heavy atom. The van der Waals surface area contributed by atoms with Crippen molar-refractivity contribution < 1.29 is 9.53 Å². The highest BCUT2D eigenvalue weighted by Crippen LogP contribution is 2.19. The van der Waals surface area contributed by atoms with Gasteiger partial charge in [-0.3, -0.25) is 4.98 Å². The Bertz CT molecular complexity index is 538. The average molecular weight is 256 g/mol. The molecule has 2 rings (SSSR count). The molecule has 1 aromatic heterocycles. The molecule has 1 N–H and O–H groups in total. The molecule has 1 atom stereocenters. The minimum Gasteiger partial charge on any atom is -0.465 e. The summed E-state index contributed by atoms with van der Waals surface area (Å²) < 4.78 is 4.66. The second-order valence-electron chi connectivity index (χ2n) is 4.22. The molecular formula is C15H16N2O2. The van der Waals surface area contributed by atoms with Crippen molar-refractivity contribution in [1.82, 2.24) is 4.98 Å². The van der Waals surface area contributed by atoms with Crippen LogP contribution in [0.1, 0.15) is 28.9 Å². The highest BCUT2D eigenvalue weighted by molar-refractivity contribution is 5.89. The molecule has 0 bridgehead atoms. The van der Waals surface area contributed by atoms with Gasteiger partial charge in [-0.1, -0.05) is 0 Å². The maximum atomic E-state index is 11.3. The molecule has 1 heterocycles. The van der Waals surface area contributed by atoms with Crippen LogP contribution in [0.4, 0.5) is 5.69 Å². The number of esters is 1. The number of pyridine rings is 1. The van der Waals surface area contributed by atoms with E-state index in [4.69, 9.17) is 0 Å². The lowest BCUT2D eigenvalue weighted by molar-refractivity contribution is 0.0601. The van der Waals surface area contributed by atoms with Gasteiger partial charge < -0.3 is 10.1 Å². The number of benzene rings is 1. The number of carbonyl (C=O) groups is 1. The minimum absolute atomic E-state index is 0.173. The van der Waals surface area contributed by atoms with Crippen molar-refractivity contribution in [3.63, 3.8) is 0 Å². The summed E-state index contributed by atoms with van der Waals surface area (Å²) in [6, 6.07) is 11.3. The van der Waals surface area contributed by atoms with Crippen molar-refractivity contribution in [2.45, 2.75) is 13.0 Å². The Balaban J connectivity index is 2.06. The van der Waals surface area contributed by atoms with Crippen molar-refractivity contribution in [3.05, 3.63) is 59.9 Å². The second-order valence-corrected chi connectivity index (χ2v) is 4.22. The van der Waals surface area contributed by atoms with E-state index in [-0.39, 0.29) is 12.0 Å². The molecule has 1 unspecified atom stereocenters. The molecule has 0 aliphatic rings. The highest BCUT2D eigenvalue weighted by Gasteiger charge is 2.07. The van der Waals surface area contributed by atoms with E-state index in [1.807, 2.05) is 24.3 Å². The molecule has 1 aromatic carbocycles. The fraction of sp³-hybridized carbons (Fsp3) is 0.200. The van der Waals surface area contributed by atoms with Crippen LogP contribution in [0.3, 0.4) is 0 Å². The zero-order valence-electron chi connectivity index (χ0n) is 11.0. The van der Waals surface area contributed by atoms with Gasteiger partial charge in [-0.05, 0) is 48.9 Å². The number of nitrogens with one attached hydrogen (secondary N) is 1. The lowest BCUT2D eigenvalue weighted by Crippen LogP contribution is -2.07. The van der Waals surface area contributed by atoms with Gasteiger partial charge in [0.05, 0.1) is 12.7 Å². The standard InChI is InChI=1S/C15H16N2O2/c1-11(12-7-9-16-10-8-12)17-14-5-3-13(4-6-14)15(18)19-2/h3-11,17H,1-2H3. The molecule has 4 nitrogen and oxygen atoms in total. The van der Waals surface area contributed by atoms with Gasteiger partial charge in [-0.15, -0.1) is 0 Å². The topological polar surface area (TPSA) is 51.2 Å². The summed E-state index contributed by atoms with van der Waals surface area (Å²) >= 11 is 0. The summed E-state index contributed by atoms with van der Waals surface area (Å²) in [5.41, 5.74) is 2.66. The first-order chi connectivity index (χ1) is 9.20. The molecule has 0 amide bonds. The number of carbonyl (C=O) groups excluding carboxylic acids is 1. The molecule has 4 heteroatoms. The number of anilines is 1. The van der Waals surface area contributed by atoms with Crippen molar-refractivity contribution in [3.8, 4) is 0 Å². The van der Waals surface area contributed by atoms with E-state index < -0.39 is 0 Å². The summed E-state index contributed by atoms with van der Waals surface area (Å²) in [7, 11) is 1.38. The van der Waals surface area contributed by atoms with E-state index >= 15 is 0 Å². The molecule has 2 aromatic rings. The maximum absolute atomic E-state index is 11.3. The summed E-state index contributed by atoms with van der Waals surface area (Å²) in [6.45, 7) is 2.07. The smallest absolute Gasteiger partial charge is 0.337 e. The van der Waals surface area contributed by atoms with Gasteiger partial charge in [0.2, 0.25) is 0 Å². The first-order valence-corrected chi connectivity index (χ1v) is 6.05. The fourth-order valence-corrected chi connectivity index (χ4v) is 1.81. The SMILES string of the molecule is COC(=O)c1ccc(NC(C)c2ccncc2)cc1. The first-order valence-electron chi connectivity index (χ1n) is 6.05. The van der Waals surface area contributed by atoms with E-state index in [0.717, 1.165) is 11.3 Å². The molecule has 0 fully saturated rings. The summed E-state index contributed by atoms with van der Waals surface area (Å²) in [6.07, 6.45) is 3.54. The van der Waals surface area contributed by atoms with E-state index in [0.29, 0.717) is 5.56 Å². The summed E-state index contributed by atoms with van der Waals surface area (Å²) in [4.78, 5) is 15.3. The van der Waals surface area contributed by atoms with Crippen LogP contribution in [0.5, 0.6) is 0 Å². The number of hydrogen-bond acceptors (Lipinski definition) is 4. The largest absolute Gasteiger partial charge is 0.465 e. The molecule has 0 aliphatic carbocycles. The van der Waals surface area contributed by atoms with Crippen molar-refractivity contribution in [2.75, 3.05) is 12.4 Å². The van der Waals surface area contributed by atoms with Crippen LogP contribution in [0.2, 0.25) is 0 Å². The third kappa shape index (κ3) is 3.31. The summed E-state index contributed by atoms with van der Waals surface area (Å²) in [5.74, 6) is -0.325. The Morgan fingerprint density at radius 1 is 1.16 bits per heavy atom. The van der Waals surface area contributed by atoms with Crippen LogP contribution in [-0.2, 0) is 4.74 Å². The highest BCUT2D eigenvalue weighted by atomic mass is 16.5. The average Bonchev–Trinajstić information content (AvgIpc) is 2.48. The number of ether oxygens (including phenoxy) is 1. The van der Waals surface area contributed by atoms with Gasteiger partial charge in [0.25, 0.3) is 0 Å². The van der Waals surface area contributed by atoms with Crippen molar-refractivity contribution >= 4 is 11.7 Å². The van der Waals surface area contributed by atoms with Gasteiger partial charge in [0.1, 0.15) is 0 Å².